The van der Waals surface area contributed by atoms with Crippen molar-refractivity contribution in [2.24, 2.45) is 46.3 Å². The summed E-state index contributed by atoms with van der Waals surface area (Å²) < 4.78 is 0. The van der Waals surface area contributed by atoms with Crippen molar-refractivity contribution < 1.29 is 0 Å². The van der Waals surface area contributed by atoms with E-state index in [1.165, 1.54) is 63.4 Å². The van der Waals surface area contributed by atoms with Gasteiger partial charge in [-0.15, -0.1) is 0 Å². The molecule has 7 atom stereocenters. The Morgan fingerprint density at radius 1 is 1.06 bits per heavy atom. The summed E-state index contributed by atoms with van der Waals surface area (Å²) in [6.07, 6.45) is 17.4. The fraction of sp³-hybridized carbons (Fsp3) is 0.806. The smallest absolute Gasteiger partial charge is 0.0143 e. The first kappa shape index (κ1) is 24.9. The molecule has 7 unspecified atom stereocenters. The minimum absolute atomic E-state index is 0.463. The molecule has 3 saturated carbocycles. The van der Waals surface area contributed by atoms with Gasteiger partial charge in [-0.05, 0) is 104 Å². The molecule has 3 rings (SSSR count). The normalized spacial score (nSPS) is 37.6. The van der Waals surface area contributed by atoms with Gasteiger partial charge in [-0.3, -0.25) is 0 Å². The number of hydrogen-bond acceptors (Lipinski definition) is 0. The van der Waals surface area contributed by atoms with Crippen molar-refractivity contribution >= 4 is 0 Å². The van der Waals surface area contributed by atoms with Gasteiger partial charge in [0.15, 0.2) is 0 Å². The number of fused-ring (bicyclic) bond motifs is 1. The van der Waals surface area contributed by atoms with Gasteiger partial charge in [-0.2, -0.15) is 0 Å². The van der Waals surface area contributed by atoms with E-state index in [4.69, 9.17) is 0 Å². The van der Waals surface area contributed by atoms with Crippen LogP contribution in [-0.4, -0.2) is 0 Å². The van der Waals surface area contributed by atoms with Gasteiger partial charge in [0, 0.05) is 0 Å². The van der Waals surface area contributed by atoms with Gasteiger partial charge in [0.2, 0.25) is 0 Å². The third-order valence-corrected chi connectivity index (χ3v) is 9.86. The van der Waals surface area contributed by atoms with Crippen LogP contribution in [0.1, 0.15) is 113 Å². The summed E-state index contributed by atoms with van der Waals surface area (Å²) in [7, 11) is 0. The lowest BCUT2D eigenvalue weighted by atomic mass is 9.59. The van der Waals surface area contributed by atoms with Crippen LogP contribution in [0.2, 0.25) is 0 Å². The molecule has 0 heterocycles. The monoisotopic (exact) mass is 424 g/mol. The number of rotatable bonds is 5. The summed E-state index contributed by atoms with van der Waals surface area (Å²) in [4.78, 5) is 0. The molecule has 0 aromatic rings. The van der Waals surface area contributed by atoms with E-state index in [-0.39, 0.29) is 0 Å². The van der Waals surface area contributed by atoms with Crippen LogP contribution in [0.25, 0.3) is 0 Å². The Morgan fingerprint density at radius 3 is 2.32 bits per heavy atom. The second kappa shape index (κ2) is 9.61. The topological polar surface area (TPSA) is 0 Å². The first-order valence-corrected chi connectivity index (χ1v) is 13.5. The van der Waals surface area contributed by atoms with Gasteiger partial charge >= 0.3 is 0 Å². The molecule has 0 N–H and O–H groups in total. The van der Waals surface area contributed by atoms with Gasteiger partial charge in [0.1, 0.15) is 0 Å². The molecule has 31 heavy (non-hydrogen) atoms. The summed E-state index contributed by atoms with van der Waals surface area (Å²) in [6, 6.07) is 0. The van der Waals surface area contributed by atoms with E-state index < -0.39 is 0 Å². The second-order valence-electron chi connectivity index (χ2n) is 13.4. The van der Waals surface area contributed by atoms with Gasteiger partial charge in [-0.25, -0.2) is 0 Å². The molecule has 0 bridgehead atoms. The molecule has 0 radical (unpaired) electrons. The van der Waals surface area contributed by atoms with Crippen LogP contribution in [0.15, 0.2) is 35.5 Å². The highest BCUT2D eigenvalue weighted by Crippen LogP contribution is 2.60. The van der Waals surface area contributed by atoms with Crippen LogP contribution in [0.5, 0.6) is 0 Å². The minimum atomic E-state index is 0.463. The zero-order chi connectivity index (χ0) is 23.0. The first-order chi connectivity index (χ1) is 14.4. The molecule has 3 fully saturated rings. The lowest BCUT2D eigenvalue weighted by Gasteiger charge is -2.45. The van der Waals surface area contributed by atoms with E-state index in [2.05, 4.69) is 74.1 Å². The van der Waals surface area contributed by atoms with Gasteiger partial charge < -0.3 is 0 Å². The molecule has 0 amide bonds. The van der Waals surface area contributed by atoms with Crippen molar-refractivity contribution in [2.75, 3.05) is 0 Å². The Kier molecular flexibility index (Phi) is 7.70. The van der Waals surface area contributed by atoms with E-state index in [1.807, 2.05) is 0 Å². The molecule has 3 aliphatic rings. The minimum Gasteiger partial charge on any atom is -0.0993 e. The van der Waals surface area contributed by atoms with E-state index in [1.54, 1.807) is 11.1 Å². The molecule has 0 heteroatoms. The Hall–Kier alpha value is -0.780. The maximum atomic E-state index is 4.34. The molecule has 0 saturated heterocycles. The summed E-state index contributed by atoms with van der Waals surface area (Å²) in [6.45, 7) is 24.0. The van der Waals surface area contributed by atoms with E-state index in [9.17, 15) is 0 Å². The van der Waals surface area contributed by atoms with Crippen molar-refractivity contribution in [3.8, 4) is 0 Å². The molecular weight excluding hydrogens is 372 g/mol. The van der Waals surface area contributed by atoms with Crippen molar-refractivity contribution in [3.63, 3.8) is 0 Å². The van der Waals surface area contributed by atoms with Crippen LogP contribution in [0.4, 0.5) is 0 Å². The zero-order valence-electron chi connectivity index (χ0n) is 22.2. The standard InChI is InChI=1S/C31H52/c1-21(16-18-30(6,7)8)25(5)28-14-15-29-27(11-10-17-31(28,29)9)13-12-26-19-22(2)24(4)23(3)20-26/h12-13,21-23,25,28-29H,4,10-11,14-20H2,1-3,5-9H3. The molecule has 0 spiro atoms. The largest absolute Gasteiger partial charge is 0.0993 e. The summed E-state index contributed by atoms with van der Waals surface area (Å²) in [5.74, 6) is 4.72. The Morgan fingerprint density at radius 2 is 1.71 bits per heavy atom. The van der Waals surface area contributed by atoms with Crippen LogP contribution < -0.4 is 0 Å². The molecule has 0 aliphatic heterocycles. The number of hydrogen-bond donors (Lipinski definition) is 0. The lowest BCUT2D eigenvalue weighted by Crippen LogP contribution is -2.37. The Labute approximate surface area is 195 Å². The molecule has 0 nitrogen and oxygen atoms in total. The zero-order valence-corrected chi connectivity index (χ0v) is 22.2. The highest BCUT2D eigenvalue weighted by Gasteiger charge is 2.51. The van der Waals surface area contributed by atoms with Crippen molar-refractivity contribution in [3.05, 3.63) is 35.5 Å². The molecule has 0 aromatic carbocycles. The van der Waals surface area contributed by atoms with Crippen LogP contribution in [-0.2, 0) is 0 Å². The van der Waals surface area contributed by atoms with E-state index >= 15 is 0 Å². The summed E-state index contributed by atoms with van der Waals surface area (Å²) >= 11 is 0. The maximum Gasteiger partial charge on any atom is -0.0143 e. The third kappa shape index (κ3) is 5.59. The SMILES string of the molecule is C=C1C(C)CC(=CC=C2CCCC3(C)C2CCC3C(C)C(C)CCC(C)(C)C)CC1C. The predicted octanol–water partition coefficient (Wildman–Crippen LogP) is 9.78. The van der Waals surface area contributed by atoms with Crippen LogP contribution in [0.3, 0.4) is 0 Å². The van der Waals surface area contributed by atoms with Gasteiger partial charge in [0.05, 0.1) is 0 Å². The third-order valence-electron chi connectivity index (χ3n) is 9.86. The average molecular weight is 425 g/mol. The van der Waals surface area contributed by atoms with Crippen LogP contribution >= 0.6 is 0 Å². The molecule has 0 aromatic heterocycles. The fourth-order valence-electron chi connectivity index (χ4n) is 7.44. The molecule has 3 aliphatic carbocycles. The quantitative estimate of drug-likeness (QED) is 0.385. The number of allylic oxidation sites excluding steroid dienone is 5. The Bertz CT molecular complexity index is 682. The average Bonchev–Trinajstić information content (AvgIpc) is 3.04. The molecular formula is C31H52. The Balaban J connectivity index is 1.71. The van der Waals surface area contributed by atoms with Gasteiger partial charge in [-0.1, -0.05) is 90.8 Å². The lowest BCUT2D eigenvalue weighted by molar-refractivity contribution is 0.0714. The van der Waals surface area contributed by atoms with Gasteiger partial charge in [0.25, 0.3) is 0 Å². The van der Waals surface area contributed by atoms with Crippen molar-refractivity contribution in [1.82, 2.24) is 0 Å². The molecule has 176 valence electrons. The second-order valence-corrected chi connectivity index (χ2v) is 13.4. The fourth-order valence-corrected chi connectivity index (χ4v) is 7.44. The van der Waals surface area contributed by atoms with Crippen molar-refractivity contribution in [1.29, 1.82) is 0 Å². The van der Waals surface area contributed by atoms with E-state index in [0.29, 0.717) is 22.7 Å². The summed E-state index contributed by atoms with van der Waals surface area (Å²) in [5.41, 5.74) is 5.89. The van der Waals surface area contributed by atoms with E-state index in [0.717, 1.165) is 23.7 Å². The van der Waals surface area contributed by atoms with Crippen LogP contribution in [0, 0.1) is 46.3 Å². The first-order valence-electron chi connectivity index (χ1n) is 13.5. The predicted molar refractivity (Wildman–Crippen MR) is 138 cm³/mol. The highest BCUT2D eigenvalue weighted by molar-refractivity contribution is 5.28. The van der Waals surface area contributed by atoms with Crippen molar-refractivity contribution in [2.45, 2.75) is 113 Å². The highest BCUT2D eigenvalue weighted by atomic mass is 14.6. The summed E-state index contributed by atoms with van der Waals surface area (Å²) in [5, 5.41) is 0. The maximum absolute atomic E-state index is 4.34.